The van der Waals surface area contributed by atoms with Gasteiger partial charge in [-0.2, -0.15) is 0 Å². The molecular weight excluding hydrogens is 246 g/mol. The summed E-state index contributed by atoms with van der Waals surface area (Å²) in [6.45, 7) is 12.2. The molecule has 0 aliphatic carbocycles. The van der Waals surface area contributed by atoms with Crippen LogP contribution in [0, 0.1) is 10.8 Å². The van der Waals surface area contributed by atoms with Crippen molar-refractivity contribution in [1.29, 1.82) is 0 Å². The average Bonchev–Trinajstić information content (AvgIpc) is 2.43. The second-order valence-corrected chi connectivity index (χ2v) is 7.43. The van der Waals surface area contributed by atoms with Gasteiger partial charge in [0.25, 0.3) is 0 Å². The minimum absolute atomic E-state index is 0.0368. The maximum atomic E-state index is 9.56. The summed E-state index contributed by atoms with van der Waals surface area (Å²) in [6, 6.07) is 11.0. The van der Waals surface area contributed by atoms with Crippen LogP contribution in [0.15, 0.2) is 30.3 Å². The molecule has 0 fully saturated rings. The molecule has 0 aromatic heterocycles. The molecule has 0 amide bonds. The van der Waals surface area contributed by atoms with E-state index in [1.54, 1.807) is 0 Å². The number of hydrogen-bond acceptors (Lipinski definition) is 2. The molecule has 114 valence electrons. The largest absolute Gasteiger partial charge is 0.396 e. The van der Waals surface area contributed by atoms with Crippen molar-refractivity contribution in [3.8, 4) is 0 Å². The van der Waals surface area contributed by atoms with Gasteiger partial charge in [0.1, 0.15) is 0 Å². The molecule has 0 spiro atoms. The lowest BCUT2D eigenvalue weighted by molar-refractivity contribution is 0.128. The zero-order chi connectivity index (χ0) is 15.2. The second kappa shape index (κ2) is 7.24. The maximum Gasteiger partial charge on any atom is 0.0496 e. The average molecular weight is 277 g/mol. The van der Waals surface area contributed by atoms with Gasteiger partial charge < -0.3 is 10.4 Å². The lowest BCUT2D eigenvalue weighted by Gasteiger charge is -2.32. The van der Waals surface area contributed by atoms with E-state index in [0.717, 1.165) is 19.4 Å². The first-order valence-electron chi connectivity index (χ1n) is 7.69. The Balaban J connectivity index is 2.79. The van der Waals surface area contributed by atoms with Gasteiger partial charge in [-0.3, -0.25) is 0 Å². The predicted octanol–water partition coefficient (Wildman–Crippen LogP) is 4.16. The molecule has 0 radical (unpaired) electrons. The number of rotatable bonds is 7. The Morgan fingerprint density at radius 1 is 1.10 bits per heavy atom. The van der Waals surface area contributed by atoms with Crippen LogP contribution in [0.4, 0.5) is 0 Å². The molecule has 0 heterocycles. The second-order valence-electron chi connectivity index (χ2n) is 7.43. The van der Waals surface area contributed by atoms with E-state index in [-0.39, 0.29) is 17.4 Å². The molecule has 0 saturated carbocycles. The van der Waals surface area contributed by atoms with E-state index in [1.807, 2.05) is 0 Å². The van der Waals surface area contributed by atoms with E-state index in [2.05, 4.69) is 70.3 Å². The summed E-state index contributed by atoms with van der Waals surface area (Å²) >= 11 is 0. The van der Waals surface area contributed by atoms with Crippen LogP contribution in [0.3, 0.4) is 0 Å². The van der Waals surface area contributed by atoms with Crippen LogP contribution in [0.5, 0.6) is 0 Å². The van der Waals surface area contributed by atoms with Gasteiger partial charge in [-0.15, -0.1) is 0 Å². The van der Waals surface area contributed by atoms with E-state index in [1.165, 1.54) is 5.56 Å². The van der Waals surface area contributed by atoms with Crippen molar-refractivity contribution >= 4 is 0 Å². The van der Waals surface area contributed by atoms with Crippen molar-refractivity contribution in [3.63, 3.8) is 0 Å². The Kier molecular flexibility index (Phi) is 6.22. The predicted molar refractivity (Wildman–Crippen MR) is 86.7 cm³/mol. The summed E-state index contributed by atoms with van der Waals surface area (Å²) in [5, 5.41) is 13.2. The van der Waals surface area contributed by atoms with Gasteiger partial charge in [0.2, 0.25) is 0 Å². The molecule has 2 N–H and O–H groups in total. The SMILES string of the molecule is CCC(C)(CO)CNC(CC(C)(C)C)c1ccccc1. The molecule has 1 rings (SSSR count). The molecule has 2 heteroatoms. The van der Waals surface area contributed by atoms with Crippen LogP contribution in [-0.4, -0.2) is 18.3 Å². The van der Waals surface area contributed by atoms with Crippen LogP contribution in [0.2, 0.25) is 0 Å². The topological polar surface area (TPSA) is 32.3 Å². The molecule has 1 aromatic rings. The van der Waals surface area contributed by atoms with Crippen LogP contribution < -0.4 is 5.32 Å². The zero-order valence-electron chi connectivity index (χ0n) is 13.7. The Morgan fingerprint density at radius 3 is 2.15 bits per heavy atom. The first-order chi connectivity index (χ1) is 9.29. The van der Waals surface area contributed by atoms with Crippen molar-refractivity contribution in [2.45, 2.75) is 53.5 Å². The highest BCUT2D eigenvalue weighted by molar-refractivity contribution is 5.19. The fourth-order valence-corrected chi connectivity index (χ4v) is 2.27. The molecule has 2 atom stereocenters. The van der Waals surface area contributed by atoms with E-state index in [0.29, 0.717) is 6.04 Å². The molecule has 2 nitrogen and oxygen atoms in total. The van der Waals surface area contributed by atoms with Crippen molar-refractivity contribution in [1.82, 2.24) is 5.32 Å². The third-order valence-electron chi connectivity index (χ3n) is 4.03. The highest BCUT2D eigenvalue weighted by Crippen LogP contribution is 2.30. The molecule has 20 heavy (non-hydrogen) atoms. The van der Waals surface area contributed by atoms with Gasteiger partial charge in [-0.05, 0) is 23.8 Å². The Morgan fingerprint density at radius 2 is 1.70 bits per heavy atom. The normalized spacial score (nSPS) is 16.7. The number of aliphatic hydroxyl groups is 1. The van der Waals surface area contributed by atoms with Crippen LogP contribution in [-0.2, 0) is 0 Å². The molecule has 0 saturated heterocycles. The van der Waals surface area contributed by atoms with Gasteiger partial charge in [0.05, 0.1) is 0 Å². The minimum Gasteiger partial charge on any atom is -0.396 e. The lowest BCUT2D eigenvalue weighted by Crippen LogP contribution is -2.37. The fourth-order valence-electron chi connectivity index (χ4n) is 2.27. The van der Waals surface area contributed by atoms with E-state index >= 15 is 0 Å². The molecular formula is C18H31NO. The van der Waals surface area contributed by atoms with Crippen molar-refractivity contribution in [2.24, 2.45) is 10.8 Å². The summed E-state index contributed by atoms with van der Waals surface area (Å²) in [5.41, 5.74) is 1.57. The number of aliphatic hydroxyl groups excluding tert-OH is 1. The number of hydrogen-bond donors (Lipinski definition) is 2. The smallest absolute Gasteiger partial charge is 0.0496 e. The van der Waals surface area contributed by atoms with E-state index in [9.17, 15) is 5.11 Å². The Bertz CT molecular complexity index is 376. The van der Waals surface area contributed by atoms with E-state index in [4.69, 9.17) is 0 Å². The van der Waals surface area contributed by atoms with Gasteiger partial charge >= 0.3 is 0 Å². The van der Waals surface area contributed by atoms with E-state index < -0.39 is 0 Å². The maximum absolute atomic E-state index is 9.56. The molecule has 0 bridgehead atoms. The third kappa shape index (κ3) is 5.64. The molecule has 1 aromatic carbocycles. The molecule has 0 aliphatic heterocycles. The zero-order valence-corrected chi connectivity index (χ0v) is 13.7. The lowest BCUT2D eigenvalue weighted by atomic mass is 9.83. The molecule has 2 unspecified atom stereocenters. The highest BCUT2D eigenvalue weighted by Gasteiger charge is 2.25. The minimum atomic E-state index is -0.0368. The van der Waals surface area contributed by atoms with Crippen molar-refractivity contribution < 1.29 is 5.11 Å². The summed E-state index contributed by atoms with van der Waals surface area (Å²) in [6.07, 6.45) is 2.07. The number of nitrogens with one attached hydrogen (secondary N) is 1. The van der Waals surface area contributed by atoms with Crippen LogP contribution in [0.25, 0.3) is 0 Å². The van der Waals surface area contributed by atoms with Gasteiger partial charge in [0, 0.05) is 24.6 Å². The Hall–Kier alpha value is -0.860. The summed E-state index contributed by atoms with van der Waals surface area (Å²) in [5.74, 6) is 0. The third-order valence-corrected chi connectivity index (χ3v) is 4.03. The first kappa shape index (κ1) is 17.2. The number of benzene rings is 1. The molecule has 0 aliphatic rings. The van der Waals surface area contributed by atoms with Gasteiger partial charge in [0.15, 0.2) is 0 Å². The highest BCUT2D eigenvalue weighted by atomic mass is 16.3. The van der Waals surface area contributed by atoms with Crippen LogP contribution in [0.1, 0.15) is 59.1 Å². The standard InChI is InChI=1S/C18H31NO/c1-6-18(5,14-20)13-19-16(12-17(2,3)4)15-10-8-7-9-11-15/h7-11,16,19-20H,6,12-14H2,1-5H3. The first-order valence-corrected chi connectivity index (χ1v) is 7.69. The van der Waals surface area contributed by atoms with Gasteiger partial charge in [-0.1, -0.05) is 65.0 Å². The Labute approximate surface area is 124 Å². The fraction of sp³-hybridized carbons (Fsp3) is 0.667. The summed E-state index contributed by atoms with van der Waals surface area (Å²) in [7, 11) is 0. The van der Waals surface area contributed by atoms with Gasteiger partial charge in [-0.25, -0.2) is 0 Å². The monoisotopic (exact) mass is 277 g/mol. The van der Waals surface area contributed by atoms with Crippen LogP contribution >= 0.6 is 0 Å². The summed E-state index contributed by atoms with van der Waals surface area (Å²) in [4.78, 5) is 0. The van der Waals surface area contributed by atoms with Crippen molar-refractivity contribution in [3.05, 3.63) is 35.9 Å². The van der Waals surface area contributed by atoms with Crippen molar-refractivity contribution in [2.75, 3.05) is 13.2 Å². The quantitative estimate of drug-likeness (QED) is 0.784. The summed E-state index contributed by atoms with van der Waals surface area (Å²) < 4.78 is 0.